The second kappa shape index (κ2) is 12.4. The molecular weight excluding hydrogens is 427 g/mol. The van der Waals surface area contributed by atoms with E-state index in [1.165, 1.54) is 32.4 Å². The van der Waals surface area contributed by atoms with Crippen LogP contribution in [-0.2, 0) is 0 Å². The van der Waals surface area contributed by atoms with Crippen molar-refractivity contribution in [2.45, 2.75) is 38.2 Å². The van der Waals surface area contributed by atoms with Crippen molar-refractivity contribution < 1.29 is 4.74 Å². The van der Waals surface area contributed by atoms with Crippen LogP contribution in [0.2, 0.25) is 10.0 Å². The zero-order valence-electron chi connectivity index (χ0n) is 18.5. The van der Waals surface area contributed by atoms with Crippen LogP contribution in [0, 0.1) is 11.8 Å². The molecule has 2 aromatic carbocycles. The van der Waals surface area contributed by atoms with E-state index in [1.54, 1.807) is 12.1 Å². The fraction of sp³-hybridized carbons (Fsp3) is 0.462. The normalized spacial score (nSPS) is 15.4. The second-order valence-corrected chi connectivity index (χ2v) is 9.16. The maximum atomic E-state index is 6.28. The van der Waals surface area contributed by atoms with E-state index in [4.69, 9.17) is 27.9 Å². The van der Waals surface area contributed by atoms with Gasteiger partial charge in [0.15, 0.2) is 0 Å². The highest BCUT2D eigenvalue weighted by molar-refractivity contribution is 6.42. The van der Waals surface area contributed by atoms with Gasteiger partial charge in [-0.05, 0) is 69.9 Å². The number of piperidine rings is 1. The molecule has 0 spiro atoms. The molecule has 1 saturated heterocycles. The monoisotopic (exact) mass is 458 g/mol. The van der Waals surface area contributed by atoms with E-state index >= 15 is 0 Å². The number of nitrogens with zero attached hydrogens (tertiary/aromatic N) is 2. The standard InChI is InChI=1S/C26H32Cl2N2O/c1-29(2)19-15-26(31-23-13-14-24(27)25(28)20-23)22-11-9-21(10-12-22)8-4-7-18-30-16-5-3-6-17-30/h9-14,20,26H,3,5-7,15-19H2,1-2H3. The lowest BCUT2D eigenvalue weighted by Gasteiger charge is -2.25. The highest BCUT2D eigenvalue weighted by atomic mass is 35.5. The predicted octanol–water partition coefficient (Wildman–Crippen LogP) is 6.29. The third-order valence-corrected chi connectivity index (χ3v) is 6.26. The molecule has 0 amide bonds. The van der Waals surface area contributed by atoms with Gasteiger partial charge >= 0.3 is 0 Å². The van der Waals surface area contributed by atoms with Gasteiger partial charge in [0.05, 0.1) is 10.0 Å². The largest absolute Gasteiger partial charge is 0.486 e. The summed E-state index contributed by atoms with van der Waals surface area (Å²) >= 11 is 12.2. The number of benzene rings is 2. The first-order valence-corrected chi connectivity index (χ1v) is 11.8. The first-order chi connectivity index (χ1) is 15.0. The van der Waals surface area contributed by atoms with Crippen LogP contribution in [0.4, 0.5) is 0 Å². The number of hydrogen-bond acceptors (Lipinski definition) is 3. The molecule has 0 aliphatic carbocycles. The molecule has 166 valence electrons. The van der Waals surface area contributed by atoms with E-state index in [9.17, 15) is 0 Å². The minimum Gasteiger partial charge on any atom is -0.486 e. The molecular formula is C26H32Cl2N2O. The van der Waals surface area contributed by atoms with E-state index in [0.29, 0.717) is 10.0 Å². The summed E-state index contributed by atoms with van der Waals surface area (Å²) in [7, 11) is 4.14. The Bertz CT molecular complexity index is 881. The van der Waals surface area contributed by atoms with Gasteiger partial charge in [0.25, 0.3) is 0 Å². The van der Waals surface area contributed by atoms with Gasteiger partial charge < -0.3 is 14.5 Å². The molecule has 1 aliphatic heterocycles. The van der Waals surface area contributed by atoms with Crippen molar-refractivity contribution >= 4 is 23.2 Å². The van der Waals surface area contributed by atoms with Gasteiger partial charge in [0, 0.05) is 37.6 Å². The molecule has 2 aromatic rings. The minimum atomic E-state index is -0.0687. The molecule has 1 heterocycles. The fourth-order valence-electron chi connectivity index (χ4n) is 3.73. The van der Waals surface area contributed by atoms with Crippen LogP contribution < -0.4 is 4.74 Å². The molecule has 0 aromatic heterocycles. The lowest BCUT2D eigenvalue weighted by molar-refractivity contribution is 0.179. The van der Waals surface area contributed by atoms with Gasteiger partial charge in [-0.1, -0.05) is 53.6 Å². The molecule has 5 heteroatoms. The van der Waals surface area contributed by atoms with Crippen LogP contribution in [0.1, 0.15) is 49.3 Å². The van der Waals surface area contributed by atoms with Gasteiger partial charge in [0.2, 0.25) is 0 Å². The van der Waals surface area contributed by atoms with Gasteiger partial charge in [-0.25, -0.2) is 0 Å². The van der Waals surface area contributed by atoms with Gasteiger partial charge in [-0.2, -0.15) is 0 Å². The van der Waals surface area contributed by atoms with Crippen LogP contribution in [0.5, 0.6) is 5.75 Å². The van der Waals surface area contributed by atoms with Crippen molar-refractivity contribution in [3.8, 4) is 17.6 Å². The molecule has 0 saturated carbocycles. The highest BCUT2D eigenvalue weighted by Gasteiger charge is 2.15. The molecule has 1 unspecified atom stereocenters. The van der Waals surface area contributed by atoms with Gasteiger partial charge in [0.1, 0.15) is 11.9 Å². The zero-order chi connectivity index (χ0) is 22.1. The van der Waals surface area contributed by atoms with Crippen LogP contribution >= 0.6 is 23.2 Å². The highest BCUT2D eigenvalue weighted by Crippen LogP contribution is 2.30. The van der Waals surface area contributed by atoms with E-state index in [0.717, 1.165) is 42.8 Å². The molecule has 1 aliphatic rings. The Hall–Kier alpha value is -1.70. The Kier molecular flexibility index (Phi) is 9.55. The van der Waals surface area contributed by atoms with Crippen molar-refractivity contribution in [2.24, 2.45) is 0 Å². The van der Waals surface area contributed by atoms with E-state index in [2.05, 4.69) is 60.0 Å². The Labute approximate surface area is 197 Å². The summed E-state index contributed by atoms with van der Waals surface area (Å²) in [6.07, 6.45) is 5.75. The van der Waals surface area contributed by atoms with Crippen molar-refractivity contribution in [3.05, 3.63) is 63.6 Å². The number of hydrogen-bond donors (Lipinski definition) is 0. The van der Waals surface area contributed by atoms with E-state index in [-0.39, 0.29) is 6.10 Å². The van der Waals surface area contributed by atoms with E-state index < -0.39 is 0 Å². The zero-order valence-corrected chi connectivity index (χ0v) is 20.1. The van der Waals surface area contributed by atoms with Gasteiger partial charge in [-0.3, -0.25) is 0 Å². The van der Waals surface area contributed by atoms with E-state index in [1.807, 2.05) is 6.07 Å². The Balaban J connectivity index is 1.62. The average Bonchev–Trinajstić information content (AvgIpc) is 2.78. The Morgan fingerprint density at radius 3 is 2.42 bits per heavy atom. The summed E-state index contributed by atoms with van der Waals surface area (Å²) in [5.41, 5.74) is 2.18. The van der Waals surface area contributed by atoms with Crippen LogP contribution in [0.3, 0.4) is 0 Å². The number of halogens is 2. The van der Waals surface area contributed by atoms with Crippen molar-refractivity contribution in [1.82, 2.24) is 9.80 Å². The maximum absolute atomic E-state index is 6.28. The molecule has 3 nitrogen and oxygen atoms in total. The third kappa shape index (κ3) is 8.05. The average molecular weight is 459 g/mol. The smallest absolute Gasteiger partial charge is 0.125 e. The lowest BCUT2D eigenvalue weighted by Crippen LogP contribution is -2.30. The van der Waals surface area contributed by atoms with Crippen molar-refractivity contribution in [1.29, 1.82) is 0 Å². The summed E-state index contributed by atoms with van der Waals surface area (Å²) in [5.74, 6) is 7.36. The van der Waals surface area contributed by atoms with Crippen LogP contribution in [0.25, 0.3) is 0 Å². The summed E-state index contributed by atoms with van der Waals surface area (Å²) in [5, 5.41) is 1.03. The molecule has 1 atom stereocenters. The number of likely N-dealkylation sites (tertiary alicyclic amines) is 1. The van der Waals surface area contributed by atoms with Crippen LogP contribution in [0.15, 0.2) is 42.5 Å². The fourth-order valence-corrected chi connectivity index (χ4v) is 4.01. The Morgan fingerprint density at radius 2 is 1.74 bits per heavy atom. The molecule has 3 rings (SSSR count). The molecule has 0 N–H and O–H groups in total. The van der Waals surface area contributed by atoms with Gasteiger partial charge in [-0.15, -0.1) is 0 Å². The second-order valence-electron chi connectivity index (χ2n) is 8.35. The minimum absolute atomic E-state index is 0.0687. The quantitative estimate of drug-likeness (QED) is 0.432. The molecule has 0 bridgehead atoms. The van der Waals surface area contributed by atoms with Crippen molar-refractivity contribution in [3.63, 3.8) is 0 Å². The van der Waals surface area contributed by atoms with Crippen LogP contribution in [-0.4, -0.2) is 50.1 Å². The predicted molar refractivity (Wildman–Crippen MR) is 131 cm³/mol. The topological polar surface area (TPSA) is 15.7 Å². The Morgan fingerprint density at radius 1 is 1.00 bits per heavy atom. The number of ether oxygens (including phenoxy) is 1. The lowest BCUT2D eigenvalue weighted by atomic mass is 10.0. The molecule has 1 fully saturated rings. The summed E-state index contributed by atoms with van der Waals surface area (Å²) in [6, 6.07) is 13.8. The van der Waals surface area contributed by atoms with Crippen molar-refractivity contribution in [2.75, 3.05) is 40.3 Å². The first-order valence-electron chi connectivity index (χ1n) is 11.1. The summed E-state index contributed by atoms with van der Waals surface area (Å²) < 4.78 is 6.28. The summed E-state index contributed by atoms with van der Waals surface area (Å²) in [6.45, 7) is 4.45. The summed E-state index contributed by atoms with van der Waals surface area (Å²) in [4.78, 5) is 4.68. The third-order valence-electron chi connectivity index (χ3n) is 5.52. The SMILES string of the molecule is CN(C)CCC(Oc1ccc(Cl)c(Cl)c1)c1ccc(C#CCCN2CCCCC2)cc1. The first kappa shape index (κ1) is 24.0. The maximum Gasteiger partial charge on any atom is 0.125 e. The number of rotatable bonds is 8. The molecule has 0 radical (unpaired) electrons. The molecule has 31 heavy (non-hydrogen) atoms.